The molecule has 1 aromatic carbocycles. The van der Waals surface area contributed by atoms with Gasteiger partial charge in [-0.15, -0.1) is 10.2 Å². The lowest BCUT2D eigenvalue weighted by Crippen LogP contribution is -2.60. The van der Waals surface area contributed by atoms with Gasteiger partial charge in [-0.3, -0.25) is 19.1 Å². The van der Waals surface area contributed by atoms with Crippen molar-refractivity contribution in [3.05, 3.63) is 24.3 Å². The lowest BCUT2D eigenvalue weighted by Gasteiger charge is -2.36. The molecule has 1 aliphatic heterocycles. The predicted molar refractivity (Wildman–Crippen MR) is 182 cm³/mol. The summed E-state index contributed by atoms with van der Waals surface area (Å²) in [6.07, 6.45) is 2.95. The zero-order chi connectivity index (χ0) is 36.7. The first-order chi connectivity index (χ1) is 24.1. The fourth-order valence-corrected chi connectivity index (χ4v) is 8.77. The van der Waals surface area contributed by atoms with E-state index in [1.165, 1.54) is 22.5 Å². The van der Waals surface area contributed by atoms with Crippen LogP contribution in [0.1, 0.15) is 84.6 Å². The van der Waals surface area contributed by atoms with E-state index in [1.54, 1.807) is 31.4 Å². The molecule has 3 amide bonds. The molecule has 0 spiro atoms. The molecular weight excluding hydrogens is 686 g/mol. The van der Waals surface area contributed by atoms with Crippen LogP contribution in [0.2, 0.25) is 0 Å². The van der Waals surface area contributed by atoms with E-state index in [0.29, 0.717) is 42.4 Å². The molecule has 14 nitrogen and oxygen atoms in total. The maximum atomic E-state index is 14.5. The second kappa shape index (κ2) is 14.4. The molecule has 4 fully saturated rings. The van der Waals surface area contributed by atoms with Gasteiger partial charge in [0.25, 0.3) is 5.91 Å². The molecule has 3 saturated carbocycles. The lowest BCUT2D eigenvalue weighted by atomic mass is 9.85. The van der Waals surface area contributed by atoms with E-state index in [2.05, 4.69) is 26.0 Å². The van der Waals surface area contributed by atoms with Gasteiger partial charge in [0.05, 0.1) is 30.4 Å². The van der Waals surface area contributed by atoms with E-state index in [-0.39, 0.29) is 18.9 Å². The number of nitrogens with one attached hydrogen (secondary N) is 3. The van der Waals surface area contributed by atoms with E-state index in [1.807, 2.05) is 25.5 Å². The molecule has 280 valence electrons. The number of rotatable bonds is 14. The molecule has 1 unspecified atom stereocenters. The Labute approximate surface area is 296 Å². The molecule has 1 saturated heterocycles. The minimum Gasteiger partial charge on any atom is -0.497 e. The van der Waals surface area contributed by atoms with Crippen molar-refractivity contribution in [3.8, 4) is 17.1 Å². The number of likely N-dealkylation sites (tertiary alicyclic amines) is 1. The highest BCUT2D eigenvalue weighted by Gasteiger charge is 2.66. The Bertz CT molecular complexity index is 1710. The van der Waals surface area contributed by atoms with E-state index < -0.39 is 74.9 Å². The van der Waals surface area contributed by atoms with Crippen LogP contribution in [0.25, 0.3) is 11.4 Å². The van der Waals surface area contributed by atoms with Crippen LogP contribution in [0.15, 0.2) is 24.3 Å². The number of carbonyl (C=O) groups excluding carboxylic acids is 3. The number of alkyl halides is 2. The van der Waals surface area contributed by atoms with Crippen molar-refractivity contribution >= 4 is 27.7 Å². The van der Waals surface area contributed by atoms with E-state index in [0.717, 1.165) is 19.3 Å². The summed E-state index contributed by atoms with van der Waals surface area (Å²) in [5.41, 5.74) is -2.02. The smallest absolute Gasteiger partial charge is 0.259 e. The first-order valence-electron chi connectivity index (χ1n) is 17.8. The molecule has 5 atom stereocenters. The van der Waals surface area contributed by atoms with Crippen LogP contribution >= 0.6 is 0 Å². The molecule has 6 rings (SSSR count). The van der Waals surface area contributed by atoms with Crippen molar-refractivity contribution in [1.29, 1.82) is 0 Å². The van der Waals surface area contributed by atoms with E-state index >= 15 is 0 Å². The Hall–Kier alpha value is -3.73. The molecule has 4 aliphatic rings. The number of amides is 3. The van der Waals surface area contributed by atoms with Gasteiger partial charge in [0.2, 0.25) is 34.1 Å². The summed E-state index contributed by atoms with van der Waals surface area (Å²) >= 11 is 0. The lowest BCUT2D eigenvalue weighted by molar-refractivity contribution is -0.143. The SMILES string of the molecule is COc1ccc(-c2nnn([C@@H]3CC(C(=O)N[C@]4(C(=O)NS(=O)(=O)C5CC5)C[C@H]4C(F)F)N(C(=O)[C@@H](NCCC4CCCC4)C(C)(C)C)C3)n2)cc1. The van der Waals surface area contributed by atoms with Crippen molar-refractivity contribution in [1.82, 2.24) is 40.5 Å². The van der Waals surface area contributed by atoms with Gasteiger partial charge in [-0.25, -0.2) is 17.2 Å². The highest BCUT2D eigenvalue weighted by Crippen LogP contribution is 2.48. The molecule has 3 aliphatic carbocycles. The highest BCUT2D eigenvalue weighted by atomic mass is 32.2. The first-order valence-corrected chi connectivity index (χ1v) is 19.3. The Morgan fingerprint density at radius 1 is 1.08 bits per heavy atom. The minimum absolute atomic E-state index is 0.00629. The summed E-state index contributed by atoms with van der Waals surface area (Å²) in [6.45, 7) is 6.41. The Morgan fingerprint density at radius 3 is 2.35 bits per heavy atom. The molecule has 0 radical (unpaired) electrons. The number of methoxy groups -OCH3 is 1. The first kappa shape index (κ1) is 37.0. The maximum Gasteiger partial charge on any atom is 0.259 e. The summed E-state index contributed by atoms with van der Waals surface area (Å²) in [6, 6.07) is 4.55. The molecule has 2 aromatic rings. The summed E-state index contributed by atoms with van der Waals surface area (Å²) in [7, 11) is -2.52. The number of benzene rings is 1. The monoisotopic (exact) mass is 734 g/mol. The van der Waals surface area contributed by atoms with Crippen LogP contribution in [0.3, 0.4) is 0 Å². The fraction of sp³-hybridized carbons (Fsp3) is 0.706. The number of hydrogen-bond acceptors (Lipinski definition) is 10. The fourth-order valence-electron chi connectivity index (χ4n) is 7.41. The van der Waals surface area contributed by atoms with Crippen LogP contribution in [-0.4, -0.2) is 101 Å². The number of carbonyl (C=O) groups is 3. The quantitative estimate of drug-likeness (QED) is 0.262. The molecule has 0 bridgehead atoms. The van der Waals surface area contributed by atoms with Crippen molar-refractivity contribution in [2.24, 2.45) is 17.3 Å². The topological polar surface area (TPSA) is 178 Å². The number of hydrogen-bond donors (Lipinski definition) is 3. The largest absolute Gasteiger partial charge is 0.497 e. The number of nitrogens with zero attached hydrogens (tertiary/aromatic N) is 5. The van der Waals surface area contributed by atoms with E-state index in [4.69, 9.17) is 4.74 Å². The standard InChI is InChI=1S/C34H48F2N8O6S/c1-33(2,3)27(37-16-15-20-7-5-6-8-20)31(46)43-19-22(44-40-29(39-42-44)21-9-11-23(50-4)12-10-21)17-26(43)30(45)38-34(18-25(34)28(35)36)32(47)41-51(48,49)24-13-14-24/h9-12,20,22,24-28,37H,5-8,13-19H2,1-4H3,(H,38,45)(H,41,47)/t22-,25+,26?,27-,34-/m1/s1. The second-order valence-electron chi connectivity index (χ2n) is 15.5. The van der Waals surface area contributed by atoms with Crippen molar-refractivity contribution in [2.45, 2.75) is 114 Å². The average molecular weight is 735 g/mol. The summed E-state index contributed by atoms with van der Waals surface area (Å²) in [4.78, 5) is 44.7. The Balaban J connectivity index is 1.26. The minimum atomic E-state index is -4.07. The van der Waals surface area contributed by atoms with Gasteiger partial charge >= 0.3 is 0 Å². The Morgan fingerprint density at radius 2 is 1.76 bits per heavy atom. The van der Waals surface area contributed by atoms with Gasteiger partial charge < -0.3 is 20.3 Å². The summed E-state index contributed by atoms with van der Waals surface area (Å²) in [5, 5.41) is 18.1. The zero-order valence-electron chi connectivity index (χ0n) is 29.5. The van der Waals surface area contributed by atoms with Gasteiger partial charge in [0.15, 0.2) is 0 Å². The number of tetrazole rings is 1. The Kier molecular flexibility index (Phi) is 10.4. The molecule has 3 N–H and O–H groups in total. The third-order valence-electron chi connectivity index (χ3n) is 10.7. The van der Waals surface area contributed by atoms with Crippen molar-refractivity contribution in [2.75, 3.05) is 20.2 Å². The van der Waals surface area contributed by atoms with Crippen LogP contribution in [0.4, 0.5) is 8.78 Å². The number of halogens is 2. The molecular formula is C34H48F2N8O6S. The second-order valence-corrected chi connectivity index (χ2v) is 17.5. The van der Waals surface area contributed by atoms with Gasteiger partial charge in [-0.1, -0.05) is 46.5 Å². The zero-order valence-corrected chi connectivity index (χ0v) is 30.3. The van der Waals surface area contributed by atoms with Gasteiger partial charge in [0, 0.05) is 18.5 Å². The summed E-state index contributed by atoms with van der Waals surface area (Å²) < 4.78 is 60.5. The number of ether oxygens (including phenoxy) is 1. The molecule has 2 heterocycles. The normalized spacial score (nSPS) is 25.9. The van der Waals surface area contributed by atoms with Crippen LogP contribution in [0.5, 0.6) is 5.75 Å². The predicted octanol–water partition coefficient (Wildman–Crippen LogP) is 2.82. The molecule has 51 heavy (non-hydrogen) atoms. The third-order valence-corrected chi connectivity index (χ3v) is 12.5. The molecule has 1 aromatic heterocycles. The van der Waals surface area contributed by atoms with Gasteiger partial charge in [-0.05, 0) is 73.0 Å². The van der Waals surface area contributed by atoms with Crippen LogP contribution in [-0.2, 0) is 24.4 Å². The average Bonchev–Trinajstić information content (AvgIpc) is 3.85. The van der Waals surface area contributed by atoms with Crippen molar-refractivity contribution < 1.29 is 36.3 Å². The van der Waals surface area contributed by atoms with E-state index in [9.17, 15) is 31.6 Å². The molecule has 17 heteroatoms. The van der Waals surface area contributed by atoms with Gasteiger partial charge in [0.1, 0.15) is 17.3 Å². The summed E-state index contributed by atoms with van der Waals surface area (Å²) in [5.74, 6) is -2.41. The highest BCUT2D eigenvalue weighted by molar-refractivity contribution is 7.91. The maximum absolute atomic E-state index is 14.5. The number of aromatic nitrogens is 4. The number of sulfonamides is 1. The van der Waals surface area contributed by atoms with Gasteiger partial charge in [-0.2, -0.15) is 4.80 Å². The van der Waals surface area contributed by atoms with Crippen LogP contribution < -0.4 is 20.1 Å². The van der Waals surface area contributed by atoms with Crippen molar-refractivity contribution in [3.63, 3.8) is 0 Å². The van der Waals surface area contributed by atoms with Crippen LogP contribution in [0, 0.1) is 17.3 Å². The third kappa shape index (κ3) is 8.03.